The fourth-order valence-electron chi connectivity index (χ4n) is 3.80. The lowest BCUT2D eigenvalue weighted by atomic mass is 9.96. The number of piperidine rings is 1. The lowest BCUT2D eigenvalue weighted by Gasteiger charge is -2.32. The fourth-order valence-corrected chi connectivity index (χ4v) is 3.80. The summed E-state index contributed by atoms with van der Waals surface area (Å²) in [6, 6.07) is 7.39. The summed E-state index contributed by atoms with van der Waals surface area (Å²) in [7, 11) is 0. The summed E-state index contributed by atoms with van der Waals surface area (Å²) in [5.74, 6) is 0.507. The molecule has 0 spiro atoms. The van der Waals surface area contributed by atoms with Gasteiger partial charge in [-0.15, -0.1) is 0 Å². The Hall–Kier alpha value is -2.96. The first-order valence-electron chi connectivity index (χ1n) is 9.32. The van der Waals surface area contributed by atoms with Crippen molar-refractivity contribution in [3.63, 3.8) is 0 Å². The van der Waals surface area contributed by atoms with Gasteiger partial charge in [-0.1, -0.05) is 18.2 Å². The third-order valence-corrected chi connectivity index (χ3v) is 5.33. The highest BCUT2D eigenvalue weighted by Crippen LogP contribution is 2.19. The van der Waals surface area contributed by atoms with Crippen LogP contribution in [-0.4, -0.2) is 43.2 Å². The number of aromatic nitrogens is 4. The third kappa shape index (κ3) is 3.63. The molecule has 0 saturated carbocycles. The van der Waals surface area contributed by atoms with E-state index in [4.69, 9.17) is 0 Å². The van der Waals surface area contributed by atoms with Gasteiger partial charge in [0.25, 0.3) is 5.56 Å². The van der Waals surface area contributed by atoms with Crippen molar-refractivity contribution in [2.24, 2.45) is 5.92 Å². The number of amides is 1. The molecule has 0 unspecified atom stereocenters. The van der Waals surface area contributed by atoms with Gasteiger partial charge in [-0.3, -0.25) is 9.59 Å². The summed E-state index contributed by atoms with van der Waals surface area (Å²) in [5, 5.41) is 5.79. The number of aryl methyl sites for hydroxylation is 1. The number of carbonyl (C=O) groups excluding carboxylic acids is 1. The molecule has 3 heterocycles. The summed E-state index contributed by atoms with van der Waals surface area (Å²) >= 11 is 0. The van der Waals surface area contributed by atoms with Crippen LogP contribution in [0.4, 0.5) is 0 Å². The van der Waals surface area contributed by atoms with E-state index in [1.54, 1.807) is 12.3 Å². The SMILES string of the molecule is Cc1nn(CC(=O)N2CCC(Cn3ccnc3)CC2)c(=O)c2ccccc12. The Bertz CT molecular complexity index is 1000. The van der Waals surface area contributed by atoms with Crippen LogP contribution in [0.1, 0.15) is 18.5 Å². The van der Waals surface area contributed by atoms with Crippen molar-refractivity contribution in [1.29, 1.82) is 0 Å². The minimum Gasteiger partial charge on any atom is -0.341 e. The standard InChI is InChI=1S/C20H23N5O2/c1-15-17-4-2-3-5-18(17)20(27)25(22-15)13-19(26)24-9-6-16(7-10-24)12-23-11-8-21-14-23/h2-5,8,11,14,16H,6-7,9-10,12-13H2,1H3. The fraction of sp³-hybridized carbons (Fsp3) is 0.400. The van der Waals surface area contributed by atoms with Crippen LogP contribution in [0.15, 0.2) is 47.8 Å². The molecule has 7 heteroatoms. The first kappa shape index (κ1) is 17.5. The van der Waals surface area contributed by atoms with Crippen LogP contribution in [0.2, 0.25) is 0 Å². The molecule has 0 N–H and O–H groups in total. The molecule has 1 aromatic carbocycles. The van der Waals surface area contributed by atoms with E-state index in [2.05, 4.69) is 14.6 Å². The number of carbonyl (C=O) groups is 1. The van der Waals surface area contributed by atoms with Crippen LogP contribution in [0.25, 0.3) is 10.8 Å². The van der Waals surface area contributed by atoms with Crippen molar-refractivity contribution in [2.75, 3.05) is 13.1 Å². The summed E-state index contributed by atoms with van der Waals surface area (Å²) < 4.78 is 3.39. The van der Waals surface area contributed by atoms with Crippen LogP contribution in [-0.2, 0) is 17.9 Å². The number of fused-ring (bicyclic) bond motifs is 1. The molecule has 0 radical (unpaired) electrons. The van der Waals surface area contributed by atoms with Crippen LogP contribution in [0.3, 0.4) is 0 Å². The normalized spacial score (nSPS) is 15.4. The van der Waals surface area contributed by atoms with Gasteiger partial charge in [0, 0.05) is 37.4 Å². The number of likely N-dealkylation sites (tertiary alicyclic amines) is 1. The summed E-state index contributed by atoms with van der Waals surface area (Å²) in [6.45, 7) is 4.24. The minimum absolute atomic E-state index is 0.00328. The van der Waals surface area contributed by atoms with Crippen LogP contribution < -0.4 is 5.56 Å². The first-order valence-corrected chi connectivity index (χ1v) is 9.32. The highest BCUT2D eigenvalue weighted by molar-refractivity contribution is 5.83. The van der Waals surface area contributed by atoms with Crippen molar-refractivity contribution in [1.82, 2.24) is 24.2 Å². The second-order valence-corrected chi connectivity index (χ2v) is 7.18. The molecular weight excluding hydrogens is 342 g/mol. The van der Waals surface area contributed by atoms with Gasteiger partial charge in [0.05, 0.1) is 17.4 Å². The van der Waals surface area contributed by atoms with Crippen LogP contribution >= 0.6 is 0 Å². The molecule has 7 nitrogen and oxygen atoms in total. The maximum Gasteiger partial charge on any atom is 0.275 e. The quantitative estimate of drug-likeness (QED) is 0.707. The number of rotatable bonds is 4. The number of benzene rings is 1. The van der Waals surface area contributed by atoms with E-state index in [-0.39, 0.29) is 18.0 Å². The molecule has 0 aliphatic carbocycles. The molecule has 2 aromatic heterocycles. The third-order valence-electron chi connectivity index (χ3n) is 5.33. The largest absolute Gasteiger partial charge is 0.341 e. The van der Waals surface area contributed by atoms with Crippen molar-refractivity contribution in [3.8, 4) is 0 Å². The minimum atomic E-state index is -0.209. The van der Waals surface area contributed by atoms with E-state index < -0.39 is 0 Å². The number of hydrogen-bond acceptors (Lipinski definition) is 4. The van der Waals surface area contributed by atoms with Gasteiger partial charge >= 0.3 is 0 Å². The number of hydrogen-bond donors (Lipinski definition) is 0. The summed E-state index contributed by atoms with van der Waals surface area (Å²) in [5.41, 5.74) is 0.552. The summed E-state index contributed by atoms with van der Waals surface area (Å²) in [6.07, 6.45) is 7.51. The molecule has 27 heavy (non-hydrogen) atoms. The lowest BCUT2D eigenvalue weighted by Crippen LogP contribution is -2.42. The molecule has 140 valence electrons. The predicted octanol–water partition coefficient (Wildman–Crippen LogP) is 1.84. The monoisotopic (exact) mass is 365 g/mol. The summed E-state index contributed by atoms with van der Waals surface area (Å²) in [4.78, 5) is 31.3. The van der Waals surface area contributed by atoms with Crippen LogP contribution in [0.5, 0.6) is 0 Å². The predicted molar refractivity (Wildman–Crippen MR) is 102 cm³/mol. The van der Waals surface area contributed by atoms with E-state index in [1.165, 1.54) is 4.68 Å². The Balaban J connectivity index is 1.42. The topological polar surface area (TPSA) is 73.0 Å². The van der Waals surface area contributed by atoms with Crippen LogP contribution in [0, 0.1) is 12.8 Å². The van der Waals surface area contributed by atoms with Gasteiger partial charge in [0.2, 0.25) is 5.91 Å². The Labute approximate surface area is 157 Å². The maximum absolute atomic E-state index is 12.7. The van der Waals surface area contributed by atoms with E-state index >= 15 is 0 Å². The Kier molecular flexibility index (Phi) is 4.75. The van der Waals surface area contributed by atoms with Crippen molar-refractivity contribution < 1.29 is 4.79 Å². The molecule has 1 saturated heterocycles. The molecule has 0 bridgehead atoms. The molecule has 1 aliphatic rings. The Morgan fingerprint density at radius 2 is 1.93 bits per heavy atom. The zero-order chi connectivity index (χ0) is 18.8. The van der Waals surface area contributed by atoms with E-state index in [1.807, 2.05) is 42.5 Å². The Morgan fingerprint density at radius 1 is 1.19 bits per heavy atom. The van der Waals surface area contributed by atoms with Gasteiger partial charge in [0.15, 0.2) is 0 Å². The first-order chi connectivity index (χ1) is 13.1. The zero-order valence-corrected chi connectivity index (χ0v) is 15.4. The lowest BCUT2D eigenvalue weighted by molar-refractivity contribution is -0.133. The van der Waals surface area contributed by atoms with Crippen molar-refractivity contribution >= 4 is 16.7 Å². The van der Waals surface area contributed by atoms with E-state index in [9.17, 15) is 9.59 Å². The zero-order valence-electron chi connectivity index (χ0n) is 15.4. The average molecular weight is 365 g/mol. The second-order valence-electron chi connectivity index (χ2n) is 7.18. The van der Waals surface area contributed by atoms with Gasteiger partial charge in [0.1, 0.15) is 6.54 Å². The Morgan fingerprint density at radius 3 is 2.63 bits per heavy atom. The number of nitrogens with zero attached hydrogens (tertiary/aromatic N) is 5. The highest BCUT2D eigenvalue weighted by atomic mass is 16.2. The molecule has 3 aromatic rings. The van der Waals surface area contributed by atoms with Gasteiger partial charge in [-0.05, 0) is 31.7 Å². The van der Waals surface area contributed by atoms with Crippen molar-refractivity contribution in [3.05, 3.63) is 59.0 Å². The number of imidazole rings is 1. The van der Waals surface area contributed by atoms with E-state index in [0.29, 0.717) is 11.3 Å². The maximum atomic E-state index is 12.7. The smallest absolute Gasteiger partial charge is 0.275 e. The highest BCUT2D eigenvalue weighted by Gasteiger charge is 2.24. The molecule has 0 atom stereocenters. The van der Waals surface area contributed by atoms with Crippen molar-refractivity contribution in [2.45, 2.75) is 32.9 Å². The molecular formula is C20H23N5O2. The van der Waals surface area contributed by atoms with E-state index in [0.717, 1.165) is 43.6 Å². The van der Waals surface area contributed by atoms with Gasteiger partial charge < -0.3 is 9.47 Å². The molecule has 1 aliphatic heterocycles. The molecule has 4 rings (SSSR count). The average Bonchev–Trinajstić information content (AvgIpc) is 3.19. The second kappa shape index (κ2) is 7.34. The molecule has 1 fully saturated rings. The molecule has 1 amide bonds. The van der Waals surface area contributed by atoms with Gasteiger partial charge in [-0.25, -0.2) is 9.67 Å². The van der Waals surface area contributed by atoms with Gasteiger partial charge in [-0.2, -0.15) is 5.10 Å².